The Labute approximate surface area is 145 Å². The maximum Gasteiger partial charge on any atom is 0.310 e. The van der Waals surface area contributed by atoms with E-state index in [4.69, 9.17) is 14.2 Å². The summed E-state index contributed by atoms with van der Waals surface area (Å²) in [6.07, 6.45) is 0.155. The fourth-order valence-electron chi connectivity index (χ4n) is 2.46. The number of amides is 1. The van der Waals surface area contributed by atoms with Crippen molar-refractivity contribution in [3.63, 3.8) is 0 Å². The summed E-state index contributed by atoms with van der Waals surface area (Å²) in [6, 6.07) is 13.0. The van der Waals surface area contributed by atoms with Gasteiger partial charge in [0.1, 0.15) is 0 Å². The molecule has 0 spiro atoms. The molecular formula is C19H19NO5. The lowest BCUT2D eigenvalue weighted by Crippen LogP contribution is -2.28. The second-order valence-corrected chi connectivity index (χ2v) is 5.73. The lowest BCUT2D eigenvalue weighted by molar-refractivity contribution is -0.147. The highest BCUT2D eigenvalue weighted by atomic mass is 16.7. The zero-order chi connectivity index (χ0) is 17.6. The van der Waals surface area contributed by atoms with Crippen LogP contribution in [0.5, 0.6) is 11.5 Å². The molecule has 25 heavy (non-hydrogen) atoms. The van der Waals surface area contributed by atoms with Gasteiger partial charge in [0.05, 0.1) is 6.42 Å². The molecule has 6 heteroatoms. The van der Waals surface area contributed by atoms with E-state index in [-0.39, 0.29) is 25.7 Å². The van der Waals surface area contributed by atoms with Gasteiger partial charge in [0.15, 0.2) is 18.1 Å². The smallest absolute Gasteiger partial charge is 0.310 e. The summed E-state index contributed by atoms with van der Waals surface area (Å²) in [5, 5.41) is 2.71. The summed E-state index contributed by atoms with van der Waals surface area (Å²) < 4.78 is 15.6. The summed E-state index contributed by atoms with van der Waals surface area (Å²) in [4.78, 5) is 23.7. The molecule has 0 aromatic heterocycles. The van der Waals surface area contributed by atoms with E-state index in [0.717, 1.165) is 16.7 Å². The SMILES string of the molecule is Cc1ccccc1CC(=O)OCC(=O)NCc1ccc2c(c1)OCO2. The van der Waals surface area contributed by atoms with E-state index in [0.29, 0.717) is 18.0 Å². The number of esters is 1. The van der Waals surface area contributed by atoms with Crippen LogP contribution in [0.3, 0.4) is 0 Å². The van der Waals surface area contributed by atoms with Crippen LogP contribution in [0.2, 0.25) is 0 Å². The molecule has 2 aromatic carbocycles. The first-order valence-electron chi connectivity index (χ1n) is 7.97. The number of aryl methyl sites for hydroxylation is 1. The van der Waals surface area contributed by atoms with Crippen LogP contribution in [0.1, 0.15) is 16.7 Å². The van der Waals surface area contributed by atoms with Crippen LogP contribution in [0, 0.1) is 6.92 Å². The van der Waals surface area contributed by atoms with Gasteiger partial charge in [0, 0.05) is 6.54 Å². The van der Waals surface area contributed by atoms with Crippen molar-refractivity contribution in [2.45, 2.75) is 19.9 Å². The summed E-state index contributed by atoms with van der Waals surface area (Å²) in [7, 11) is 0. The normalized spacial score (nSPS) is 11.9. The molecule has 0 saturated heterocycles. The molecule has 1 N–H and O–H groups in total. The molecule has 0 unspecified atom stereocenters. The predicted molar refractivity (Wildman–Crippen MR) is 90.3 cm³/mol. The Hall–Kier alpha value is -3.02. The molecule has 0 radical (unpaired) electrons. The largest absolute Gasteiger partial charge is 0.455 e. The average Bonchev–Trinajstić information content (AvgIpc) is 3.08. The second-order valence-electron chi connectivity index (χ2n) is 5.73. The van der Waals surface area contributed by atoms with E-state index in [1.54, 1.807) is 6.07 Å². The average molecular weight is 341 g/mol. The highest BCUT2D eigenvalue weighted by molar-refractivity contribution is 5.81. The third kappa shape index (κ3) is 4.50. The predicted octanol–water partition coefficient (Wildman–Crippen LogP) is 2.13. The maximum absolute atomic E-state index is 11.8. The van der Waals surface area contributed by atoms with Crippen LogP contribution in [0.15, 0.2) is 42.5 Å². The number of hydrogen-bond donors (Lipinski definition) is 1. The molecular weight excluding hydrogens is 322 g/mol. The Bertz CT molecular complexity index is 787. The Morgan fingerprint density at radius 3 is 2.76 bits per heavy atom. The van der Waals surface area contributed by atoms with Crippen molar-refractivity contribution < 1.29 is 23.8 Å². The number of benzene rings is 2. The van der Waals surface area contributed by atoms with Crippen LogP contribution in [-0.2, 0) is 27.3 Å². The monoisotopic (exact) mass is 341 g/mol. The van der Waals surface area contributed by atoms with Gasteiger partial charge in [-0.3, -0.25) is 9.59 Å². The summed E-state index contributed by atoms with van der Waals surface area (Å²) >= 11 is 0. The van der Waals surface area contributed by atoms with Gasteiger partial charge in [-0.25, -0.2) is 0 Å². The van der Waals surface area contributed by atoms with Crippen molar-refractivity contribution in [3.05, 3.63) is 59.2 Å². The van der Waals surface area contributed by atoms with Crippen LogP contribution in [0.4, 0.5) is 0 Å². The first kappa shape index (κ1) is 16.8. The highest BCUT2D eigenvalue weighted by Gasteiger charge is 2.14. The van der Waals surface area contributed by atoms with E-state index < -0.39 is 5.97 Å². The highest BCUT2D eigenvalue weighted by Crippen LogP contribution is 2.32. The molecule has 0 atom stereocenters. The van der Waals surface area contributed by atoms with Crippen molar-refractivity contribution in [2.75, 3.05) is 13.4 Å². The Kier molecular flexibility index (Phi) is 5.18. The number of fused-ring (bicyclic) bond motifs is 1. The standard InChI is InChI=1S/C19H19NO5/c1-13-4-2-3-5-15(13)9-19(22)23-11-18(21)20-10-14-6-7-16-17(8-14)25-12-24-16/h2-8H,9-12H2,1H3,(H,20,21). The molecule has 1 aliphatic heterocycles. The third-order valence-electron chi connectivity index (χ3n) is 3.89. The van der Waals surface area contributed by atoms with Gasteiger partial charge in [0.2, 0.25) is 6.79 Å². The number of carbonyl (C=O) groups is 2. The molecule has 2 aromatic rings. The Morgan fingerprint density at radius 2 is 1.92 bits per heavy atom. The minimum Gasteiger partial charge on any atom is -0.455 e. The fourth-order valence-corrected chi connectivity index (χ4v) is 2.46. The van der Waals surface area contributed by atoms with E-state index >= 15 is 0 Å². The zero-order valence-electron chi connectivity index (χ0n) is 13.9. The molecule has 6 nitrogen and oxygen atoms in total. The Morgan fingerprint density at radius 1 is 1.12 bits per heavy atom. The molecule has 0 aliphatic carbocycles. The lowest BCUT2D eigenvalue weighted by Gasteiger charge is -2.08. The molecule has 0 fully saturated rings. The molecule has 3 rings (SSSR count). The fraction of sp³-hybridized carbons (Fsp3) is 0.263. The van der Waals surface area contributed by atoms with E-state index in [9.17, 15) is 9.59 Å². The van der Waals surface area contributed by atoms with Gasteiger partial charge in [0.25, 0.3) is 5.91 Å². The van der Waals surface area contributed by atoms with Crippen molar-refractivity contribution in [1.29, 1.82) is 0 Å². The zero-order valence-corrected chi connectivity index (χ0v) is 13.9. The molecule has 1 aliphatic rings. The molecule has 0 bridgehead atoms. The van der Waals surface area contributed by atoms with Gasteiger partial charge in [-0.05, 0) is 35.7 Å². The molecule has 1 heterocycles. The number of hydrogen-bond acceptors (Lipinski definition) is 5. The van der Waals surface area contributed by atoms with Gasteiger partial charge < -0.3 is 19.5 Å². The summed E-state index contributed by atoms with van der Waals surface area (Å²) in [6.45, 7) is 2.17. The first-order valence-corrected chi connectivity index (χ1v) is 7.97. The van der Waals surface area contributed by atoms with Crippen LogP contribution >= 0.6 is 0 Å². The first-order chi connectivity index (χ1) is 12.1. The maximum atomic E-state index is 11.8. The van der Waals surface area contributed by atoms with Crippen LogP contribution in [-0.4, -0.2) is 25.3 Å². The summed E-state index contributed by atoms with van der Waals surface area (Å²) in [5.74, 6) is 0.583. The van der Waals surface area contributed by atoms with Crippen molar-refractivity contribution in [2.24, 2.45) is 0 Å². The minimum atomic E-state index is -0.424. The lowest BCUT2D eigenvalue weighted by atomic mass is 10.1. The minimum absolute atomic E-state index is 0.155. The Balaban J connectivity index is 1.42. The van der Waals surface area contributed by atoms with Crippen LogP contribution in [0.25, 0.3) is 0 Å². The van der Waals surface area contributed by atoms with Gasteiger partial charge in [-0.1, -0.05) is 30.3 Å². The quantitative estimate of drug-likeness (QED) is 0.815. The van der Waals surface area contributed by atoms with Crippen molar-refractivity contribution in [3.8, 4) is 11.5 Å². The van der Waals surface area contributed by atoms with Crippen molar-refractivity contribution >= 4 is 11.9 Å². The number of rotatable bonds is 6. The van der Waals surface area contributed by atoms with Gasteiger partial charge >= 0.3 is 5.97 Å². The van der Waals surface area contributed by atoms with Gasteiger partial charge in [-0.2, -0.15) is 0 Å². The van der Waals surface area contributed by atoms with Crippen molar-refractivity contribution in [1.82, 2.24) is 5.32 Å². The van der Waals surface area contributed by atoms with E-state index in [1.807, 2.05) is 43.3 Å². The number of carbonyl (C=O) groups excluding carboxylic acids is 2. The second kappa shape index (κ2) is 7.70. The van der Waals surface area contributed by atoms with E-state index in [1.165, 1.54) is 0 Å². The number of ether oxygens (including phenoxy) is 3. The number of nitrogens with one attached hydrogen (secondary N) is 1. The molecule has 130 valence electrons. The van der Waals surface area contributed by atoms with Crippen LogP contribution < -0.4 is 14.8 Å². The topological polar surface area (TPSA) is 73.9 Å². The molecule has 0 saturated carbocycles. The summed E-state index contributed by atoms with van der Waals surface area (Å²) in [5.41, 5.74) is 2.80. The van der Waals surface area contributed by atoms with E-state index in [2.05, 4.69) is 5.32 Å². The van der Waals surface area contributed by atoms with Gasteiger partial charge in [-0.15, -0.1) is 0 Å². The molecule has 1 amide bonds. The third-order valence-corrected chi connectivity index (χ3v) is 3.89.